The van der Waals surface area contributed by atoms with E-state index >= 15 is 0 Å². The lowest BCUT2D eigenvalue weighted by molar-refractivity contribution is -0.137. The summed E-state index contributed by atoms with van der Waals surface area (Å²) in [5.41, 5.74) is -0.473. The number of Topliss-reactive ketones (excluding diaryl/α,β-unsaturated/α-hetero) is 1. The van der Waals surface area contributed by atoms with Crippen LogP contribution in [-0.4, -0.2) is 29.7 Å². The molecule has 0 aliphatic heterocycles. The van der Waals surface area contributed by atoms with Gasteiger partial charge in [-0.15, -0.1) is 0 Å². The molecule has 0 spiro atoms. The van der Waals surface area contributed by atoms with Gasteiger partial charge < -0.3 is 4.90 Å². The van der Waals surface area contributed by atoms with Gasteiger partial charge in [0.25, 0.3) is 0 Å². The molecule has 3 heteroatoms. The molecule has 0 aromatic carbocycles. The van der Waals surface area contributed by atoms with Gasteiger partial charge in [-0.1, -0.05) is 20.8 Å². The predicted molar refractivity (Wildman–Crippen MR) is 57.0 cm³/mol. The van der Waals surface area contributed by atoms with E-state index < -0.39 is 5.41 Å². The Morgan fingerprint density at radius 1 is 1.36 bits per heavy atom. The Hall–Kier alpha value is -0.860. The average Bonchev–Trinajstić information content (AvgIpc) is 2.13. The van der Waals surface area contributed by atoms with Crippen molar-refractivity contribution in [3.63, 3.8) is 0 Å². The Morgan fingerprint density at radius 2 is 1.79 bits per heavy atom. The van der Waals surface area contributed by atoms with Crippen LogP contribution in [-0.2, 0) is 9.59 Å². The quantitative estimate of drug-likeness (QED) is 0.693. The van der Waals surface area contributed by atoms with Gasteiger partial charge in [-0.25, -0.2) is 0 Å². The maximum Gasteiger partial charge on any atom is 0.222 e. The molecule has 0 aromatic rings. The van der Waals surface area contributed by atoms with Crippen LogP contribution < -0.4 is 0 Å². The molecule has 0 aliphatic carbocycles. The van der Waals surface area contributed by atoms with Gasteiger partial charge in [0.15, 0.2) is 0 Å². The standard InChI is InChI=1S/C11H21NO2/c1-7-10(14)12(6)8(2)11(4,5)9(3)13/h8H,7H2,1-6H3. The molecule has 1 unspecified atom stereocenters. The first kappa shape index (κ1) is 13.1. The van der Waals surface area contributed by atoms with Crippen molar-refractivity contribution in [1.82, 2.24) is 4.90 Å². The summed E-state index contributed by atoms with van der Waals surface area (Å²) in [4.78, 5) is 24.5. The summed E-state index contributed by atoms with van der Waals surface area (Å²) in [5, 5.41) is 0. The number of ketones is 1. The highest BCUT2D eigenvalue weighted by atomic mass is 16.2. The molecule has 3 nitrogen and oxygen atoms in total. The molecule has 0 saturated heterocycles. The topological polar surface area (TPSA) is 37.4 Å². The van der Waals surface area contributed by atoms with Crippen molar-refractivity contribution in [3.05, 3.63) is 0 Å². The molecule has 0 rings (SSSR count). The Morgan fingerprint density at radius 3 is 2.07 bits per heavy atom. The first-order chi connectivity index (χ1) is 6.25. The van der Waals surface area contributed by atoms with E-state index in [0.717, 1.165) is 0 Å². The average molecular weight is 199 g/mol. The maximum atomic E-state index is 11.4. The molecule has 1 amide bonds. The monoisotopic (exact) mass is 199 g/mol. The van der Waals surface area contributed by atoms with Crippen LogP contribution >= 0.6 is 0 Å². The summed E-state index contributed by atoms with van der Waals surface area (Å²) in [6.07, 6.45) is 0.481. The second-order valence-corrected chi connectivity index (χ2v) is 4.31. The fraction of sp³-hybridized carbons (Fsp3) is 0.818. The van der Waals surface area contributed by atoms with E-state index in [1.165, 1.54) is 0 Å². The maximum absolute atomic E-state index is 11.4. The van der Waals surface area contributed by atoms with Crippen LogP contribution in [0.4, 0.5) is 0 Å². The normalized spacial score (nSPS) is 13.6. The fourth-order valence-corrected chi connectivity index (χ4v) is 1.24. The molecule has 0 bridgehead atoms. The minimum Gasteiger partial charge on any atom is -0.342 e. The predicted octanol–water partition coefficient (Wildman–Crippen LogP) is 1.86. The third-order valence-electron chi connectivity index (χ3n) is 3.23. The minimum atomic E-state index is -0.473. The van der Waals surface area contributed by atoms with E-state index in [-0.39, 0.29) is 17.7 Å². The highest BCUT2D eigenvalue weighted by Gasteiger charge is 2.34. The Kier molecular flexibility index (Phi) is 4.30. The Bertz CT molecular complexity index is 233. The summed E-state index contributed by atoms with van der Waals surface area (Å²) >= 11 is 0. The third-order valence-corrected chi connectivity index (χ3v) is 3.23. The molecule has 0 aliphatic rings. The SMILES string of the molecule is CCC(=O)N(C)C(C)C(C)(C)C(C)=O. The zero-order valence-corrected chi connectivity index (χ0v) is 10.0. The van der Waals surface area contributed by atoms with Gasteiger partial charge in [-0.3, -0.25) is 9.59 Å². The van der Waals surface area contributed by atoms with Gasteiger partial charge >= 0.3 is 0 Å². The summed E-state index contributed by atoms with van der Waals surface area (Å²) < 4.78 is 0. The van der Waals surface area contributed by atoms with E-state index in [1.807, 2.05) is 27.7 Å². The van der Waals surface area contributed by atoms with Crippen molar-refractivity contribution < 1.29 is 9.59 Å². The van der Waals surface area contributed by atoms with Crippen LogP contribution in [0.1, 0.15) is 41.0 Å². The van der Waals surface area contributed by atoms with E-state index in [4.69, 9.17) is 0 Å². The number of amides is 1. The molecule has 14 heavy (non-hydrogen) atoms. The first-order valence-corrected chi connectivity index (χ1v) is 5.01. The zero-order chi connectivity index (χ0) is 11.5. The molecular formula is C11H21NO2. The van der Waals surface area contributed by atoms with Crippen molar-refractivity contribution in [2.75, 3.05) is 7.05 Å². The van der Waals surface area contributed by atoms with Crippen molar-refractivity contribution >= 4 is 11.7 Å². The van der Waals surface area contributed by atoms with E-state index in [1.54, 1.807) is 18.9 Å². The lowest BCUT2D eigenvalue weighted by atomic mass is 9.81. The summed E-state index contributed by atoms with van der Waals surface area (Å²) in [5.74, 6) is 0.188. The molecular weight excluding hydrogens is 178 g/mol. The highest BCUT2D eigenvalue weighted by Crippen LogP contribution is 2.25. The molecule has 82 valence electrons. The molecule has 0 saturated carbocycles. The second kappa shape index (κ2) is 4.58. The lowest BCUT2D eigenvalue weighted by Crippen LogP contribution is -2.47. The van der Waals surface area contributed by atoms with E-state index in [0.29, 0.717) is 6.42 Å². The van der Waals surface area contributed by atoms with Crippen molar-refractivity contribution in [2.24, 2.45) is 5.41 Å². The fourth-order valence-electron chi connectivity index (χ4n) is 1.24. The summed E-state index contributed by atoms with van der Waals surface area (Å²) in [6.45, 7) is 9.06. The second-order valence-electron chi connectivity index (χ2n) is 4.31. The van der Waals surface area contributed by atoms with Crippen molar-refractivity contribution in [2.45, 2.75) is 47.1 Å². The first-order valence-electron chi connectivity index (χ1n) is 5.01. The van der Waals surface area contributed by atoms with Crippen molar-refractivity contribution in [1.29, 1.82) is 0 Å². The van der Waals surface area contributed by atoms with Crippen molar-refractivity contribution in [3.8, 4) is 0 Å². The minimum absolute atomic E-state index is 0.0625. The molecule has 0 aromatic heterocycles. The van der Waals surface area contributed by atoms with E-state index in [2.05, 4.69) is 0 Å². The van der Waals surface area contributed by atoms with Crippen LogP contribution in [0.15, 0.2) is 0 Å². The van der Waals surface area contributed by atoms with Gasteiger partial charge in [0.05, 0.1) is 0 Å². The van der Waals surface area contributed by atoms with Gasteiger partial charge in [0, 0.05) is 24.9 Å². The van der Waals surface area contributed by atoms with E-state index in [9.17, 15) is 9.59 Å². The van der Waals surface area contributed by atoms with Gasteiger partial charge in [0.1, 0.15) is 5.78 Å². The number of hydrogen-bond acceptors (Lipinski definition) is 2. The number of hydrogen-bond donors (Lipinski definition) is 0. The molecule has 0 heterocycles. The summed E-state index contributed by atoms with van der Waals surface area (Å²) in [6, 6.07) is -0.0625. The number of nitrogens with zero attached hydrogens (tertiary/aromatic N) is 1. The molecule has 0 N–H and O–H groups in total. The van der Waals surface area contributed by atoms with Gasteiger partial charge in [0.2, 0.25) is 5.91 Å². The number of carbonyl (C=O) groups excluding carboxylic acids is 2. The van der Waals surface area contributed by atoms with Crippen LogP contribution in [0.5, 0.6) is 0 Å². The van der Waals surface area contributed by atoms with Crippen LogP contribution in [0.25, 0.3) is 0 Å². The summed E-state index contributed by atoms with van der Waals surface area (Å²) in [7, 11) is 1.75. The molecule has 0 fully saturated rings. The Labute approximate surface area is 86.5 Å². The van der Waals surface area contributed by atoms with Crippen LogP contribution in [0, 0.1) is 5.41 Å². The molecule has 0 radical (unpaired) electrons. The largest absolute Gasteiger partial charge is 0.342 e. The number of carbonyl (C=O) groups is 2. The van der Waals surface area contributed by atoms with Gasteiger partial charge in [-0.05, 0) is 13.8 Å². The van der Waals surface area contributed by atoms with Crippen LogP contribution in [0.2, 0.25) is 0 Å². The lowest BCUT2D eigenvalue weighted by Gasteiger charge is -2.36. The number of rotatable bonds is 4. The third kappa shape index (κ3) is 2.56. The van der Waals surface area contributed by atoms with Gasteiger partial charge in [-0.2, -0.15) is 0 Å². The highest BCUT2D eigenvalue weighted by molar-refractivity contribution is 5.83. The molecule has 1 atom stereocenters. The van der Waals surface area contributed by atoms with Crippen LogP contribution in [0.3, 0.4) is 0 Å². The zero-order valence-electron chi connectivity index (χ0n) is 10.0. The Balaban J connectivity index is 4.69. The smallest absolute Gasteiger partial charge is 0.222 e.